The molecule has 0 amide bonds. The summed E-state index contributed by atoms with van der Waals surface area (Å²) in [6, 6.07) is 1.47. The van der Waals surface area contributed by atoms with Gasteiger partial charge in [0.05, 0.1) is 0 Å². The van der Waals surface area contributed by atoms with Gasteiger partial charge in [0, 0.05) is 17.2 Å². The van der Waals surface area contributed by atoms with Gasteiger partial charge >= 0.3 is 5.97 Å². The van der Waals surface area contributed by atoms with Crippen LogP contribution in [0.25, 0.3) is 0 Å². The lowest BCUT2D eigenvalue weighted by Gasteiger charge is -1.98. The van der Waals surface area contributed by atoms with Gasteiger partial charge in [-0.25, -0.2) is 4.79 Å². The molecule has 0 aliphatic carbocycles. The Labute approximate surface area is 78.0 Å². The van der Waals surface area contributed by atoms with Crippen LogP contribution in [0.4, 0.5) is 0 Å². The molecule has 2 N–H and O–H groups in total. The lowest BCUT2D eigenvalue weighted by molar-refractivity contribution is 0.0695. The molecule has 0 aromatic carbocycles. The molecule has 0 bridgehead atoms. The van der Waals surface area contributed by atoms with E-state index in [-0.39, 0.29) is 5.56 Å². The summed E-state index contributed by atoms with van der Waals surface area (Å²) in [6.45, 7) is 0. The zero-order valence-corrected chi connectivity index (χ0v) is 7.48. The smallest absolute Gasteiger partial charge is 0.341 e. The number of aromatic nitrogens is 1. The molecule has 0 atom stereocenters. The number of nitrogens with one attached hydrogen (secondary N) is 1. The van der Waals surface area contributed by atoms with Crippen LogP contribution in [-0.2, 0) is 11.5 Å². The molecule has 1 aliphatic rings. The molecule has 1 aliphatic heterocycles. The van der Waals surface area contributed by atoms with E-state index in [0.717, 1.165) is 22.8 Å². The third kappa shape index (κ3) is 1.35. The molecular weight excluding hydrogens is 190 g/mol. The first-order valence-electron chi connectivity index (χ1n) is 3.74. The molecule has 0 radical (unpaired) electrons. The molecule has 2 heterocycles. The monoisotopic (exact) mass is 197 g/mol. The fourth-order valence-electron chi connectivity index (χ4n) is 1.29. The van der Waals surface area contributed by atoms with Gasteiger partial charge in [-0.2, -0.15) is 11.8 Å². The van der Waals surface area contributed by atoms with Crippen molar-refractivity contribution in [2.45, 2.75) is 11.5 Å². The van der Waals surface area contributed by atoms with Crippen molar-refractivity contribution in [3.05, 3.63) is 33.2 Å². The highest BCUT2D eigenvalue weighted by atomic mass is 32.2. The second-order valence-corrected chi connectivity index (χ2v) is 3.80. The predicted molar refractivity (Wildman–Crippen MR) is 49.0 cm³/mol. The zero-order valence-electron chi connectivity index (χ0n) is 6.66. The summed E-state index contributed by atoms with van der Waals surface area (Å²) in [7, 11) is 0. The maximum absolute atomic E-state index is 11.2. The SMILES string of the molecule is O=C(O)c1cc2c([nH]c1=O)CSC2. The molecule has 1 aromatic rings. The van der Waals surface area contributed by atoms with Crippen LogP contribution in [0.2, 0.25) is 0 Å². The molecular formula is C8H7NO3S. The summed E-state index contributed by atoms with van der Waals surface area (Å²) in [5.74, 6) is 0.387. The van der Waals surface area contributed by atoms with Crippen LogP contribution >= 0.6 is 11.8 Å². The molecule has 5 heteroatoms. The minimum absolute atomic E-state index is 0.166. The number of aromatic carboxylic acids is 1. The zero-order chi connectivity index (χ0) is 9.42. The Balaban J connectivity index is 2.62. The molecule has 1 aromatic heterocycles. The lowest BCUT2D eigenvalue weighted by Crippen LogP contribution is -2.18. The summed E-state index contributed by atoms with van der Waals surface area (Å²) in [5.41, 5.74) is 1.12. The second kappa shape index (κ2) is 2.92. The average Bonchev–Trinajstić information content (AvgIpc) is 2.48. The maximum Gasteiger partial charge on any atom is 0.341 e. The van der Waals surface area contributed by atoms with Crippen molar-refractivity contribution in [3.8, 4) is 0 Å². The van der Waals surface area contributed by atoms with Crippen LogP contribution in [-0.4, -0.2) is 16.1 Å². The highest BCUT2D eigenvalue weighted by molar-refractivity contribution is 7.98. The van der Waals surface area contributed by atoms with Gasteiger partial charge < -0.3 is 10.1 Å². The van der Waals surface area contributed by atoms with E-state index in [1.165, 1.54) is 6.07 Å². The normalized spacial score (nSPS) is 14.2. The Morgan fingerprint density at radius 1 is 1.54 bits per heavy atom. The van der Waals surface area contributed by atoms with Crippen LogP contribution in [0, 0.1) is 0 Å². The summed E-state index contributed by atoms with van der Waals surface area (Å²) in [4.78, 5) is 24.4. The van der Waals surface area contributed by atoms with E-state index in [0.29, 0.717) is 0 Å². The Hall–Kier alpha value is -1.23. The van der Waals surface area contributed by atoms with Crippen molar-refractivity contribution in [3.63, 3.8) is 0 Å². The first-order chi connectivity index (χ1) is 6.18. The molecule has 68 valence electrons. The number of pyridine rings is 1. The molecule has 0 unspecified atom stereocenters. The van der Waals surface area contributed by atoms with Gasteiger partial charge in [0.15, 0.2) is 0 Å². The number of fused-ring (bicyclic) bond motifs is 1. The van der Waals surface area contributed by atoms with E-state index >= 15 is 0 Å². The van der Waals surface area contributed by atoms with Gasteiger partial charge in [0.1, 0.15) is 5.56 Å². The van der Waals surface area contributed by atoms with Gasteiger partial charge in [-0.05, 0) is 11.6 Å². The van der Waals surface area contributed by atoms with Gasteiger partial charge in [-0.3, -0.25) is 4.79 Å². The summed E-state index contributed by atoms with van der Waals surface area (Å²) in [6.07, 6.45) is 0. The van der Waals surface area contributed by atoms with Crippen LogP contribution < -0.4 is 5.56 Å². The number of H-pyrrole nitrogens is 1. The molecule has 0 fully saturated rings. The van der Waals surface area contributed by atoms with Crippen molar-refractivity contribution >= 4 is 17.7 Å². The van der Waals surface area contributed by atoms with Crippen molar-refractivity contribution in [1.29, 1.82) is 0 Å². The minimum atomic E-state index is -1.17. The number of hydrogen-bond donors (Lipinski definition) is 2. The van der Waals surface area contributed by atoms with Crippen molar-refractivity contribution < 1.29 is 9.90 Å². The predicted octanol–water partition coefficient (Wildman–Crippen LogP) is 0.820. The topological polar surface area (TPSA) is 70.2 Å². The summed E-state index contributed by atoms with van der Waals surface area (Å²) in [5, 5.41) is 8.67. The molecule has 4 nitrogen and oxygen atoms in total. The summed E-state index contributed by atoms with van der Waals surface area (Å²) < 4.78 is 0. The summed E-state index contributed by atoms with van der Waals surface area (Å²) >= 11 is 1.67. The lowest BCUT2D eigenvalue weighted by atomic mass is 10.1. The van der Waals surface area contributed by atoms with E-state index in [1.807, 2.05) is 0 Å². The van der Waals surface area contributed by atoms with Gasteiger partial charge in [-0.15, -0.1) is 0 Å². The molecule has 0 spiro atoms. The Bertz CT molecular complexity index is 424. The number of carbonyl (C=O) groups is 1. The van der Waals surface area contributed by atoms with Gasteiger partial charge in [0.25, 0.3) is 5.56 Å². The first kappa shape index (κ1) is 8.37. The Kier molecular flexibility index (Phi) is 1.88. The third-order valence-corrected chi connectivity index (χ3v) is 2.96. The first-order valence-corrected chi connectivity index (χ1v) is 4.90. The van der Waals surface area contributed by atoms with Gasteiger partial charge in [0.2, 0.25) is 0 Å². The van der Waals surface area contributed by atoms with Crippen LogP contribution in [0.1, 0.15) is 21.6 Å². The maximum atomic E-state index is 11.2. The van der Waals surface area contributed by atoms with Crippen LogP contribution in [0.3, 0.4) is 0 Å². The number of rotatable bonds is 1. The quantitative estimate of drug-likeness (QED) is 0.699. The fourth-order valence-corrected chi connectivity index (χ4v) is 2.33. The van der Waals surface area contributed by atoms with E-state index in [9.17, 15) is 9.59 Å². The van der Waals surface area contributed by atoms with Crippen LogP contribution in [0.15, 0.2) is 10.9 Å². The van der Waals surface area contributed by atoms with Crippen molar-refractivity contribution in [2.75, 3.05) is 0 Å². The number of thioether (sulfide) groups is 1. The Morgan fingerprint density at radius 2 is 2.31 bits per heavy atom. The van der Waals surface area contributed by atoms with E-state index in [2.05, 4.69) is 4.98 Å². The molecule has 13 heavy (non-hydrogen) atoms. The number of aromatic amines is 1. The molecule has 2 rings (SSSR count). The van der Waals surface area contributed by atoms with E-state index in [1.54, 1.807) is 11.8 Å². The fraction of sp³-hybridized carbons (Fsp3) is 0.250. The highest BCUT2D eigenvalue weighted by Gasteiger charge is 2.17. The average molecular weight is 197 g/mol. The highest BCUT2D eigenvalue weighted by Crippen LogP contribution is 2.27. The number of carboxylic acid groups (broad SMARTS) is 1. The van der Waals surface area contributed by atoms with Crippen LogP contribution in [0.5, 0.6) is 0 Å². The van der Waals surface area contributed by atoms with E-state index < -0.39 is 11.5 Å². The van der Waals surface area contributed by atoms with Crippen molar-refractivity contribution in [1.82, 2.24) is 4.98 Å². The minimum Gasteiger partial charge on any atom is -0.477 e. The number of hydrogen-bond acceptors (Lipinski definition) is 3. The standard InChI is InChI=1S/C8H7NO3S/c10-7-5(8(11)12)1-4-2-13-3-6(4)9-7/h1H,2-3H2,(H,9,10)(H,11,12). The molecule has 0 saturated heterocycles. The largest absolute Gasteiger partial charge is 0.477 e. The number of carboxylic acids is 1. The van der Waals surface area contributed by atoms with Crippen molar-refractivity contribution in [2.24, 2.45) is 0 Å². The molecule has 0 saturated carbocycles. The third-order valence-electron chi connectivity index (χ3n) is 1.95. The van der Waals surface area contributed by atoms with E-state index in [4.69, 9.17) is 5.11 Å². The Morgan fingerprint density at radius 3 is 3.00 bits per heavy atom. The van der Waals surface area contributed by atoms with Gasteiger partial charge in [-0.1, -0.05) is 0 Å². The second-order valence-electron chi connectivity index (χ2n) is 2.81.